The summed E-state index contributed by atoms with van der Waals surface area (Å²) < 4.78 is 27.5. The van der Waals surface area contributed by atoms with E-state index >= 15 is 0 Å². The van der Waals surface area contributed by atoms with Crippen LogP contribution < -0.4 is 10.0 Å². The summed E-state index contributed by atoms with van der Waals surface area (Å²) >= 11 is 0. The van der Waals surface area contributed by atoms with E-state index in [4.69, 9.17) is 0 Å². The van der Waals surface area contributed by atoms with Gasteiger partial charge in [0.1, 0.15) is 6.04 Å². The second-order valence-electron chi connectivity index (χ2n) is 6.07. The lowest BCUT2D eigenvalue weighted by Gasteiger charge is -2.19. The van der Waals surface area contributed by atoms with Crippen molar-refractivity contribution < 1.29 is 23.1 Å². The van der Waals surface area contributed by atoms with Crippen molar-refractivity contribution in [1.82, 2.24) is 4.72 Å². The van der Waals surface area contributed by atoms with Crippen LogP contribution in [0.4, 0.5) is 5.69 Å². The summed E-state index contributed by atoms with van der Waals surface area (Å²) in [5.41, 5.74) is 2.01. The first-order valence-corrected chi connectivity index (χ1v) is 9.55. The SMILES string of the molecule is O=C1CCc2cc(S(=O)(=O)N[C@@H](Cc3ccccc3)C(=O)O)ccc2N1. The molecule has 0 spiro atoms. The van der Waals surface area contributed by atoms with Gasteiger partial charge >= 0.3 is 5.97 Å². The van der Waals surface area contributed by atoms with Crippen LogP contribution in [0.1, 0.15) is 17.5 Å². The minimum Gasteiger partial charge on any atom is -0.480 e. The summed E-state index contributed by atoms with van der Waals surface area (Å²) in [6, 6.07) is 11.9. The Bertz CT molecular complexity index is 941. The average Bonchev–Trinajstić information content (AvgIpc) is 2.61. The summed E-state index contributed by atoms with van der Waals surface area (Å²) in [6.07, 6.45) is 0.767. The molecule has 1 heterocycles. The first-order chi connectivity index (χ1) is 12.3. The van der Waals surface area contributed by atoms with Crippen LogP contribution >= 0.6 is 0 Å². The fraction of sp³-hybridized carbons (Fsp3) is 0.222. The normalized spacial score (nSPS) is 15.0. The molecule has 0 aromatic heterocycles. The number of carboxylic acid groups (broad SMARTS) is 1. The van der Waals surface area contributed by atoms with E-state index in [1.54, 1.807) is 30.3 Å². The van der Waals surface area contributed by atoms with Gasteiger partial charge in [-0.05, 0) is 42.2 Å². The van der Waals surface area contributed by atoms with Gasteiger partial charge in [0.05, 0.1) is 4.90 Å². The average molecular weight is 374 g/mol. The van der Waals surface area contributed by atoms with Gasteiger partial charge in [-0.15, -0.1) is 0 Å². The molecule has 26 heavy (non-hydrogen) atoms. The molecule has 0 unspecified atom stereocenters. The molecule has 1 aliphatic heterocycles. The zero-order valence-corrected chi connectivity index (χ0v) is 14.6. The molecule has 0 radical (unpaired) electrons. The molecule has 3 N–H and O–H groups in total. The number of aliphatic carboxylic acids is 1. The topological polar surface area (TPSA) is 113 Å². The number of benzene rings is 2. The van der Waals surface area contributed by atoms with Crippen LogP contribution in [-0.2, 0) is 32.5 Å². The molecule has 1 amide bonds. The molecule has 0 saturated heterocycles. The van der Waals surface area contributed by atoms with Crippen LogP contribution in [-0.4, -0.2) is 31.4 Å². The number of carbonyl (C=O) groups excluding carboxylic acids is 1. The molecule has 0 aliphatic carbocycles. The lowest BCUT2D eigenvalue weighted by Crippen LogP contribution is -2.42. The Morgan fingerprint density at radius 3 is 2.58 bits per heavy atom. The smallest absolute Gasteiger partial charge is 0.322 e. The summed E-state index contributed by atoms with van der Waals surface area (Å²) in [5, 5.41) is 12.1. The van der Waals surface area contributed by atoms with Gasteiger partial charge in [0.2, 0.25) is 15.9 Å². The Labute approximate surface area is 151 Å². The second-order valence-corrected chi connectivity index (χ2v) is 7.78. The number of hydrogen-bond donors (Lipinski definition) is 3. The molecule has 3 rings (SSSR count). The molecule has 1 aliphatic rings. The van der Waals surface area contributed by atoms with E-state index in [0.717, 1.165) is 5.56 Å². The number of nitrogens with one attached hydrogen (secondary N) is 2. The quantitative estimate of drug-likeness (QED) is 0.710. The standard InChI is InChI=1S/C18H18N2O5S/c21-17-9-6-13-11-14(7-8-15(13)19-17)26(24,25)20-16(18(22)23)10-12-4-2-1-3-5-12/h1-5,7-8,11,16,20H,6,9-10H2,(H,19,21)(H,22,23)/t16-/m0/s1. The van der Waals surface area contributed by atoms with Gasteiger partial charge in [-0.2, -0.15) is 4.72 Å². The number of fused-ring (bicyclic) bond motifs is 1. The fourth-order valence-corrected chi connectivity index (χ4v) is 4.05. The zero-order valence-electron chi connectivity index (χ0n) is 13.8. The van der Waals surface area contributed by atoms with E-state index < -0.39 is 22.0 Å². The summed E-state index contributed by atoms with van der Waals surface area (Å²) in [7, 11) is -4.02. The maximum absolute atomic E-state index is 12.6. The third kappa shape index (κ3) is 4.09. The number of sulfonamides is 1. The summed E-state index contributed by atoms with van der Waals surface area (Å²) in [4.78, 5) is 22.9. The number of aryl methyl sites for hydroxylation is 1. The lowest BCUT2D eigenvalue weighted by molar-refractivity contribution is -0.138. The van der Waals surface area contributed by atoms with E-state index in [2.05, 4.69) is 10.0 Å². The van der Waals surface area contributed by atoms with Crippen LogP contribution in [0.25, 0.3) is 0 Å². The van der Waals surface area contributed by atoms with Crippen molar-refractivity contribution in [1.29, 1.82) is 0 Å². The Kier molecular flexibility index (Phi) is 5.06. The van der Waals surface area contributed by atoms with Crippen molar-refractivity contribution in [2.45, 2.75) is 30.2 Å². The molecule has 8 heteroatoms. The Hall–Kier alpha value is -2.71. The van der Waals surface area contributed by atoms with Crippen LogP contribution in [0.15, 0.2) is 53.4 Å². The number of carbonyl (C=O) groups is 2. The first-order valence-electron chi connectivity index (χ1n) is 8.07. The molecule has 0 saturated carbocycles. The number of rotatable bonds is 6. The van der Waals surface area contributed by atoms with Crippen molar-refractivity contribution in [2.24, 2.45) is 0 Å². The highest BCUT2D eigenvalue weighted by Gasteiger charge is 2.27. The van der Waals surface area contributed by atoms with Gasteiger partial charge in [0, 0.05) is 12.1 Å². The van der Waals surface area contributed by atoms with Crippen molar-refractivity contribution in [3.8, 4) is 0 Å². The monoisotopic (exact) mass is 374 g/mol. The predicted octanol–water partition coefficient (Wildman–Crippen LogP) is 1.55. The summed E-state index contributed by atoms with van der Waals surface area (Å²) in [5.74, 6) is -1.36. The van der Waals surface area contributed by atoms with Gasteiger partial charge in [0.15, 0.2) is 0 Å². The molecule has 7 nitrogen and oxygen atoms in total. The van der Waals surface area contributed by atoms with Gasteiger partial charge < -0.3 is 10.4 Å². The highest BCUT2D eigenvalue weighted by molar-refractivity contribution is 7.89. The van der Waals surface area contributed by atoms with Crippen molar-refractivity contribution in [2.75, 3.05) is 5.32 Å². The first kappa shape index (κ1) is 18.1. The molecule has 2 aromatic carbocycles. The fourth-order valence-electron chi connectivity index (χ4n) is 2.81. The number of amides is 1. The van der Waals surface area contributed by atoms with Crippen molar-refractivity contribution >= 4 is 27.6 Å². The Morgan fingerprint density at radius 2 is 1.88 bits per heavy atom. The van der Waals surface area contributed by atoms with Crippen molar-refractivity contribution in [3.63, 3.8) is 0 Å². The third-order valence-corrected chi connectivity index (χ3v) is 5.63. The van der Waals surface area contributed by atoms with Gasteiger partial charge in [-0.25, -0.2) is 8.42 Å². The largest absolute Gasteiger partial charge is 0.480 e. The Morgan fingerprint density at radius 1 is 1.15 bits per heavy atom. The zero-order chi connectivity index (χ0) is 18.7. The molecule has 2 aromatic rings. The number of carboxylic acids is 1. The van der Waals surface area contributed by atoms with Crippen LogP contribution in [0, 0.1) is 0 Å². The van der Waals surface area contributed by atoms with Crippen LogP contribution in [0.5, 0.6) is 0 Å². The van der Waals surface area contributed by atoms with E-state index in [1.165, 1.54) is 18.2 Å². The maximum Gasteiger partial charge on any atom is 0.322 e. The van der Waals surface area contributed by atoms with E-state index in [9.17, 15) is 23.1 Å². The lowest BCUT2D eigenvalue weighted by atomic mass is 10.0. The highest BCUT2D eigenvalue weighted by atomic mass is 32.2. The maximum atomic E-state index is 12.6. The van der Waals surface area contributed by atoms with Gasteiger partial charge in [-0.1, -0.05) is 30.3 Å². The molecular weight excluding hydrogens is 356 g/mol. The minimum atomic E-state index is -4.02. The molecule has 1 atom stereocenters. The third-order valence-electron chi connectivity index (χ3n) is 4.16. The van der Waals surface area contributed by atoms with E-state index in [1.807, 2.05) is 0 Å². The van der Waals surface area contributed by atoms with Gasteiger partial charge in [-0.3, -0.25) is 9.59 Å². The highest BCUT2D eigenvalue weighted by Crippen LogP contribution is 2.25. The molecule has 136 valence electrons. The second kappa shape index (κ2) is 7.27. The van der Waals surface area contributed by atoms with Crippen LogP contribution in [0.2, 0.25) is 0 Å². The number of anilines is 1. The molecular formula is C18H18N2O5S. The molecule has 0 bridgehead atoms. The minimum absolute atomic E-state index is 0.0216. The van der Waals surface area contributed by atoms with Crippen molar-refractivity contribution in [3.05, 3.63) is 59.7 Å². The molecule has 0 fully saturated rings. The number of hydrogen-bond acceptors (Lipinski definition) is 4. The van der Waals surface area contributed by atoms with E-state index in [-0.39, 0.29) is 23.6 Å². The predicted molar refractivity (Wildman–Crippen MR) is 95.3 cm³/mol. The summed E-state index contributed by atoms with van der Waals surface area (Å²) in [6.45, 7) is 0. The van der Waals surface area contributed by atoms with Gasteiger partial charge in [0.25, 0.3) is 0 Å². The van der Waals surface area contributed by atoms with E-state index in [0.29, 0.717) is 17.7 Å². The Balaban J connectivity index is 1.82. The van der Waals surface area contributed by atoms with Crippen LogP contribution in [0.3, 0.4) is 0 Å².